The van der Waals surface area contributed by atoms with Gasteiger partial charge in [-0.1, -0.05) is 46.9 Å². The summed E-state index contributed by atoms with van der Waals surface area (Å²) in [7, 11) is 0. The van der Waals surface area contributed by atoms with E-state index in [-0.39, 0.29) is 18.2 Å². The van der Waals surface area contributed by atoms with Crippen LogP contribution in [0.15, 0.2) is 60.7 Å². The smallest absolute Gasteiger partial charge is 0.268 e. The average molecular weight is 534 g/mol. The molecule has 0 saturated heterocycles. The summed E-state index contributed by atoms with van der Waals surface area (Å²) in [6.45, 7) is 2.37. The van der Waals surface area contributed by atoms with Crippen LogP contribution in [0.4, 0.5) is 11.4 Å². The van der Waals surface area contributed by atoms with E-state index in [0.717, 1.165) is 5.56 Å². The van der Waals surface area contributed by atoms with Gasteiger partial charge in [0, 0.05) is 22.2 Å². The highest BCUT2D eigenvalue weighted by Gasteiger charge is 2.32. The van der Waals surface area contributed by atoms with Crippen LogP contribution in [-0.2, 0) is 16.1 Å². The summed E-state index contributed by atoms with van der Waals surface area (Å²) in [4.78, 5) is 27.0. The van der Waals surface area contributed by atoms with E-state index in [1.54, 1.807) is 54.3 Å². The van der Waals surface area contributed by atoms with Crippen molar-refractivity contribution in [1.29, 1.82) is 0 Å². The van der Waals surface area contributed by atoms with Gasteiger partial charge in [0.05, 0.1) is 23.9 Å². The van der Waals surface area contributed by atoms with Gasteiger partial charge < -0.3 is 19.7 Å². The lowest BCUT2D eigenvalue weighted by Gasteiger charge is -2.33. The zero-order chi connectivity index (χ0) is 24.9. The number of nitrogens with one attached hydrogen (secondary N) is 1. The van der Waals surface area contributed by atoms with E-state index < -0.39 is 6.10 Å². The summed E-state index contributed by atoms with van der Waals surface area (Å²) in [6, 6.07) is 17.6. The number of nitrogens with zero attached hydrogens (tertiary/aromatic N) is 1. The van der Waals surface area contributed by atoms with Crippen LogP contribution in [0.3, 0.4) is 0 Å². The van der Waals surface area contributed by atoms with Crippen molar-refractivity contribution in [3.63, 3.8) is 0 Å². The van der Waals surface area contributed by atoms with E-state index >= 15 is 0 Å². The zero-order valence-electron chi connectivity index (χ0n) is 18.9. The molecule has 3 aromatic rings. The van der Waals surface area contributed by atoms with Crippen LogP contribution in [0.1, 0.15) is 25.3 Å². The van der Waals surface area contributed by atoms with Gasteiger partial charge in [0.15, 0.2) is 6.10 Å². The first-order valence-electron chi connectivity index (χ1n) is 11.0. The van der Waals surface area contributed by atoms with Gasteiger partial charge in [0.25, 0.3) is 5.91 Å². The molecule has 1 unspecified atom stereocenters. The maximum Gasteiger partial charge on any atom is 0.268 e. The Kier molecular flexibility index (Phi) is 8.06. The van der Waals surface area contributed by atoms with Gasteiger partial charge in [-0.15, -0.1) is 0 Å². The van der Waals surface area contributed by atoms with Crippen LogP contribution < -0.4 is 19.7 Å². The Hall–Kier alpha value is -2.93. The van der Waals surface area contributed by atoms with Gasteiger partial charge in [-0.2, -0.15) is 0 Å². The Labute approximate surface area is 218 Å². The highest BCUT2D eigenvalue weighted by molar-refractivity contribution is 6.35. The fourth-order valence-electron chi connectivity index (χ4n) is 3.70. The number of carbonyl (C=O) groups excluding carboxylic acids is 2. The van der Waals surface area contributed by atoms with E-state index in [1.165, 1.54) is 0 Å². The summed E-state index contributed by atoms with van der Waals surface area (Å²) in [5.74, 6) is 0.753. The van der Waals surface area contributed by atoms with E-state index in [1.807, 2.05) is 18.2 Å². The first-order chi connectivity index (χ1) is 16.8. The Bertz CT molecular complexity index is 1250. The van der Waals surface area contributed by atoms with E-state index in [9.17, 15) is 9.59 Å². The molecule has 1 N–H and O–H groups in total. The minimum Gasteiger partial charge on any atom is -0.492 e. The number of fused-ring (bicyclic) bond motifs is 1. The molecule has 4 rings (SSSR count). The highest BCUT2D eigenvalue weighted by Crippen LogP contribution is 2.37. The molecule has 0 saturated carbocycles. The van der Waals surface area contributed by atoms with Crippen LogP contribution in [0.5, 0.6) is 11.5 Å². The number of halogens is 3. The van der Waals surface area contributed by atoms with Crippen LogP contribution in [-0.4, -0.2) is 24.5 Å². The number of ether oxygens (including phenoxy) is 2. The molecule has 0 radical (unpaired) electrons. The Morgan fingerprint density at radius 1 is 1.06 bits per heavy atom. The summed E-state index contributed by atoms with van der Waals surface area (Å²) < 4.78 is 11.4. The largest absolute Gasteiger partial charge is 0.492 e. The first kappa shape index (κ1) is 25.2. The third-order valence-corrected chi connectivity index (χ3v) is 6.15. The van der Waals surface area contributed by atoms with Crippen molar-refractivity contribution in [3.8, 4) is 11.5 Å². The normalized spacial score (nSPS) is 14.8. The molecular weight excluding hydrogens is 511 g/mol. The van der Waals surface area contributed by atoms with Gasteiger partial charge in [-0.3, -0.25) is 9.59 Å². The topological polar surface area (TPSA) is 67.9 Å². The molecule has 0 bridgehead atoms. The predicted molar refractivity (Wildman–Crippen MR) is 139 cm³/mol. The standard InChI is InChI=1S/C26H23Cl3N2O4/c1-16-26(33)31(15-17-4-2-5-18(27)12-17)22-14-20(8-10-24(22)35-16)30-25(32)6-3-11-34-23-9-7-19(28)13-21(23)29/h2,4-5,7-10,12-14,16H,3,6,11,15H2,1H3,(H,30,32). The highest BCUT2D eigenvalue weighted by atomic mass is 35.5. The third kappa shape index (κ3) is 6.40. The fraction of sp³-hybridized carbons (Fsp3) is 0.231. The van der Waals surface area contributed by atoms with Crippen molar-refractivity contribution in [1.82, 2.24) is 0 Å². The monoisotopic (exact) mass is 532 g/mol. The lowest BCUT2D eigenvalue weighted by Crippen LogP contribution is -2.44. The van der Waals surface area contributed by atoms with Crippen LogP contribution in [0, 0.1) is 0 Å². The van der Waals surface area contributed by atoms with E-state index in [0.29, 0.717) is 57.5 Å². The molecule has 6 nitrogen and oxygen atoms in total. The molecule has 9 heteroatoms. The Morgan fingerprint density at radius 2 is 1.86 bits per heavy atom. The maximum atomic E-state index is 12.9. The average Bonchev–Trinajstić information content (AvgIpc) is 2.81. The van der Waals surface area contributed by atoms with E-state index in [2.05, 4.69) is 5.32 Å². The Balaban J connectivity index is 1.39. The predicted octanol–water partition coefficient (Wildman–Crippen LogP) is 6.76. The minimum absolute atomic E-state index is 0.168. The van der Waals surface area contributed by atoms with Gasteiger partial charge in [0.2, 0.25) is 5.91 Å². The molecule has 0 fully saturated rings. The van der Waals surface area contributed by atoms with Crippen LogP contribution >= 0.6 is 34.8 Å². The van der Waals surface area contributed by atoms with Crippen molar-refractivity contribution in [3.05, 3.63) is 81.3 Å². The zero-order valence-corrected chi connectivity index (χ0v) is 21.2. The number of anilines is 2. The number of rotatable bonds is 8. The summed E-state index contributed by atoms with van der Waals surface area (Å²) in [6.07, 6.45) is 0.132. The molecule has 0 spiro atoms. The van der Waals surface area contributed by atoms with Crippen LogP contribution in [0.2, 0.25) is 15.1 Å². The molecule has 1 aliphatic heterocycles. The lowest BCUT2D eigenvalue weighted by molar-refractivity contribution is -0.125. The molecule has 0 aliphatic carbocycles. The molecule has 182 valence electrons. The molecule has 0 aromatic heterocycles. The summed E-state index contributed by atoms with van der Waals surface area (Å²) in [5.41, 5.74) is 2.05. The lowest BCUT2D eigenvalue weighted by atomic mass is 10.1. The first-order valence-corrected chi connectivity index (χ1v) is 12.2. The molecule has 3 aromatic carbocycles. The van der Waals surface area contributed by atoms with Gasteiger partial charge in [-0.25, -0.2) is 0 Å². The minimum atomic E-state index is -0.615. The van der Waals surface area contributed by atoms with Crippen molar-refractivity contribution < 1.29 is 19.1 Å². The Morgan fingerprint density at radius 3 is 2.63 bits per heavy atom. The van der Waals surface area contributed by atoms with Crippen molar-refractivity contribution in [2.45, 2.75) is 32.4 Å². The molecule has 1 aliphatic rings. The second-order valence-electron chi connectivity index (χ2n) is 8.07. The molecule has 1 heterocycles. The number of hydrogen-bond donors (Lipinski definition) is 1. The van der Waals surface area contributed by atoms with Gasteiger partial charge in [0.1, 0.15) is 11.5 Å². The van der Waals surface area contributed by atoms with Crippen molar-refractivity contribution >= 4 is 58.0 Å². The number of benzene rings is 3. The fourth-order valence-corrected chi connectivity index (χ4v) is 4.37. The number of amides is 2. The SMILES string of the molecule is CC1Oc2ccc(NC(=O)CCCOc3ccc(Cl)cc3Cl)cc2N(Cc2cccc(Cl)c2)C1=O. The van der Waals surface area contributed by atoms with Crippen molar-refractivity contribution in [2.75, 3.05) is 16.8 Å². The molecular formula is C26H23Cl3N2O4. The number of hydrogen-bond acceptors (Lipinski definition) is 4. The maximum absolute atomic E-state index is 12.9. The van der Waals surface area contributed by atoms with Gasteiger partial charge in [-0.05, 0) is 67.4 Å². The quantitative estimate of drug-likeness (QED) is 0.325. The van der Waals surface area contributed by atoms with Crippen molar-refractivity contribution in [2.24, 2.45) is 0 Å². The second-order valence-corrected chi connectivity index (χ2v) is 9.35. The number of carbonyl (C=O) groups is 2. The summed E-state index contributed by atoms with van der Waals surface area (Å²) >= 11 is 18.1. The molecule has 35 heavy (non-hydrogen) atoms. The second kappa shape index (κ2) is 11.2. The van der Waals surface area contributed by atoms with Gasteiger partial charge >= 0.3 is 0 Å². The van der Waals surface area contributed by atoms with Crippen LogP contribution in [0.25, 0.3) is 0 Å². The van der Waals surface area contributed by atoms with E-state index in [4.69, 9.17) is 44.3 Å². The molecule has 1 atom stereocenters. The summed E-state index contributed by atoms with van der Waals surface area (Å²) in [5, 5.41) is 4.42. The molecule has 2 amide bonds. The third-order valence-electron chi connectivity index (χ3n) is 5.38.